The van der Waals surface area contributed by atoms with Crippen molar-refractivity contribution in [2.75, 3.05) is 0 Å². The van der Waals surface area contributed by atoms with E-state index in [1.54, 1.807) is 0 Å². The molecule has 5 heteroatoms. The third-order valence-corrected chi connectivity index (χ3v) is 11.5. The summed E-state index contributed by atoms with van der Waals surface area (Å²) in [4.78, 5) is 10.6. The van der Waals surface area contributed by atoms with E-state index in [2.05, 4.69) is 208 Å². The Morgan fingerprint density at radius 3 is 1.86 bits per heavy atom. The van der Waals surface area contributed by atoms with Crippen LogP contribution in [0.2, 0.25) is 0 Å². The number of rotatable bonds is 5. The monoisotopic (exact) mass is 727 g/mol. The van der Waals surface area contributed by atoms with Gasteiger partial charge in [0.1, 0.15) is 0 Å². The summed E-state index contributed by atoms with van der Waals surface area (Å²) >= 11 is 0. The highest BCUT2D eigenvalue weighted by atomic mass is 15.2. The molecule has 0 saturated carbocycles. The average molecular weight is 728 g/mol. The Morgan fingerprint density at radius 2 is 1.04 bits per heavy atom. The van der Waals surface area contributed by atoms with Crippen LogP contribution in [-0.4, -0.2) is 23.7 Å². The molecule has 0 N–H and O–H groups in total. The molecular formula is C52H33N5. The number of benzene rings is 8. The molecule has 0 aliphatic heterocycles. The quantitative estimate of drug-likeness (QED) is 0.177. The lowest BCUT2D eigenvalue weighted by Crippen LogP contribution is -2.03. The fourth-order valence-electron chi connectivity index (χ4n) is 8.99. The van der Waals surface area contributed by atoms with Gasteiger partial charge in [0.25, 0.3) is 0 Å². The Bertz CT molecular complexity index is 3500. The molecular weight excluding hydrogens is 695 g/mol. The van der Waals surface area contributed by atoms with Crippen LogP contribution < -0.4 is 0 Å². The summed E-state index contributed by atoms with van der Waals surface area (Å²) in [6, 6.07) is 69.0. The minimum Gasteiger partial charge on any atom is -0.316 e. The van der Waals surface area contributed by atoms with Crippen molar-refractivity contribution in [3.63, 3.8) is 0 Å². The fraction of sp³-hybridized carbons (Fsp3) is 0. The summed E-state index contributed by atoms with van der Waals surface area (Å²) in [7, 11) is 0. The number of hydrogen-bond acceptors (Lipinski definition) is 2. The van der Waals surface area contributed by atoms with Crippen molar-refractivity contribution in [3.05, 3.63) is 200 Å². The lowest BCUT2D eigenvalue weighted by molar-refractivity contribution is 1.01. The van der Waals surface area contributed by atoms with E-state index >= 15 is 0 Å². The van der Waals surface area contributed by atoms with Crippen molar-refractivity contribution < 1.29 is 0 Å². The Kier molecular flexibility index (Phi) is 6.86. The number of aromatic nitrogens is 5. The van der Waals surface area contributed by atoms with Gasteiger partial charge in [0.2, 0.25) is 5.95 Å². The predicted octanol–water partition coefficient (Wildman–Crippen LogP) is 13.1. The first kappa shape index (κ1) is 31.6. The second kappa shape index (κ2) is 12.4. The minimum atomic E-state index is 0.642. The van der Waals surface area contributed by atoms with Gasteiger partial charge in [-0.3, -0.25) is 4.57 Å². The van der Waals surface area contributed by atoms with Crippen molar-refractivity contribution >= 4 is 65.4 Å². The molecule has 0 radical (unpaired) electrons. The Hall–Kier alpha value is -7.76. The van der Waals surface area contributed by atoms with E-state index in [9.17, 15) is 0 Å². The molecule has 12 aromatic rings. The number of fused-ring (bicyclic) bond motifs is 9. The van der Waals surface area contributed by atoms with Crippen LogP contribution in [0, 0.1) is 0 Å². The first-order valence-corrected chi connectivity index (χ1v) is 19.3. The lowest BCUT2D eigenvalue weighted by Gasteiger charge is -2.12. The summed E-state index contributed by atoms with van der Waals surface area (Å²) in [6.45, 7) is 0. The van der Waals surface area contributed by atoms with Crippen LogP contribution >= 0.6 is 0 Å². The van der Waals surface area contributed by atoms with Gasteiger partial charge in [0, 0.05) is 49.8 Å². The van der Waals surface area contributed by atoms with Crippen molar-refractivity contribution in [3.8, 4) is 39.7 Å². The topological polar surface area (TPSA) is 40.6 Å². The zero-order valence-electron chi connectivity index (χ0n) is 30.8. The third-order valence-electron chi connectivity index (χ3n) is 11.5. The number of nitrogens with zero attached hydrogens (tertiary/aromatic N) is 5. The van der Waals surface area contributed by atoms with Gasteiger partial charge in [-0.15, -0.1) is 0 Å². The molecule has 0 spiro atoms. The van der Waals surface area contributed by atoms with E-state index in [1.165, 1.54) is 32.8 Å². The Morgan fingerprint density at radius 1 is 0.368 bits per heavy atom. The van der Waals surface area contributed by atoms with Gasteiger partial charge in [-0.2, -0.15) is 0 Å². The van der Waals surface area contributed by atoms with Crippen LogP contribution in [0.25, 0.3) is 105 Å². The molecule has 8 aromatic carbocycles. The van der Waals surface area contributed by atoms with Crippen LogP contribution in [0.4, 0.5) is 0 Å². The van der Waals surface area contributed by atoms with Crippen molar-refractivity contribution in [1.82, 2.24) is 23.7 Å². The highest BCUT2D eigenvalue weighted by molar-refractivity contribution is 6.19. The maximum Gasteiger partial charge on any atom is 0.235 e. The van der Waals surface area contributed by atoms with Crippen LogP contribution in [-0.2, 0) is 0 Å². The van der Waals surface area contributed by atoms with Gasteiger partial charge in [0.05, 0.1) is 44.5 Å². The van der Waals surface area contributed by atoms with Gasteiger partial charge in [-0.25, -0.2) is 9.97 Å². The summed E-state index contributed by atoms with van der Waals surface area (Å²) in [5.74, 6) is 0.642. The molecule has 0 aliphatic carbocycles. The minimum absolute atomic E-state index is 0.642. The highest BCUT2D eigenvalue weighted by Gasteiger charge is 2.22. The summed E-state index contributed by atoms with van der Waals surface area (Å²) < 4.78 is 7.02. The molecule has 5 nitrogen and oxygen atoms in total. The zero-order valence-corrected chi connectivity index (χ0v) is 30.8. The molecule has 0 unspecified atom stereocenters. The van der Waals surface area contributed by atoms with E-state index in [0.717, 1.165) is 66.4 Å². The first-order chi connectivity index (χ1) is 28.3. The van der Waals surface area contributed by atoms with Gasteiger partial charge >= 0.3 is 0 Å². The first-order valence-electron chi connectivity index (χ1n) is 19.3. The predicted molar refractivity (Wildman–Crippen MR) is 236 cm³/mol. The second-order valence-corrected chi connectivity index (χ2v) is 14.6. The molecule has 4 aromatic heterocycles. The third kappa shape index (κ3) is 4.76. The molecule has 57 heavy (non-hydrogen) atoms. The number of hydrogen-bond donors (Lipinski definition) is 0. The van der Waals surface area contributed by atoms with Gasteiger partial charge in [-0.1, -0.05) is 133 Å². The maximum absolute atomic E-state index is 5.37. The Labute approximate surface area is 328 Å². The molecule has 0 amide bonds. The highest BCUT2D eigenvalue weighted by Crippen LogP contribution is 2.42. The molecule has 0 aliphatic rings. The molecule has 0 saturated heterocycles. The van der Waals surface area contributed by atoms with E-state index in [4.69, 9.17) is 9.97 Å². The molecule has 0 fully saturated rings. The zero-order chi connectivity index (χ0) is 37.5. The van der Waals surface area contributed by atoms with Crippen LogP contribution in [0.3, 0.4) is 0 Å². The molecule has 12 rings (SSSR count). The van der Waals surface area contributed by atoms with E-state index in [0.29, 0.717) is 5.95 Å². The summed E-state index contributed by atoms with van der Waals surface area (Å²) in [5, 5.41) is 6.99. The van der Waals surface area contributed by atoms with Crippen molar-refractivity contribution in [2.24, 2.45) is 0 Å². The fourth-order valence-corrected chi connectivity index (χ4v) is 8.99. The average Bonchev–Trinajstić information content (AvgIpc) is 3.97. The molecule has 4 heterocycles. The Balaban J connectivity index is 1.17. The lowest BCUT2D eigenvalue weighted by atomic mass is 10.0. The van der Waals surface area contributed by atoms with Crippen molar-refractivity contribution in [2.45, 2.75) is 0 Å². The van der Waals surface area contributed by atoms with Crippen LogP contribution in [0.1, 0.15) is 0 Å². The molecule has 0 atom stereocenters. The number of para-hydroxylation sites is 3. The SMILES string of the molecule is c1ccc(-c2ccc3c(c2)c2c(-n4ccc5c4ccc4c6ccccc6n(-c6ccccc6)c45)cccc2n3-c2nc(-c3ccccc3)c3ccccc3n2)cc1. The second-order valence-electron chi connectivity index (χ2n) is 14.6. The normalized spacial score (nSPS) is 11.9. The largest absolute Gasteiger partial charge is 0.316 e. The van der Waals surface area contributed by atoms with Gasteiger partial charge in [0.15, 0.2) is 0 Å². The molecule has 266 valence electrons. The van der Waals surface area contributed by atoms with Gasteiger partial charge < -0.3 is 9.13 Å². The van der Waals surface area contributed by atoms with Gasteiger partial charge in [-0.05, 0) is 71.8 Å². The van der Waals surface area contributed by atoms with E-state index in [1.807, 2.05) is 6.07 Å². The summed E-state index contributed by atoms with van der Waals surface area (Å²) in [6.07, 6.45) is 2.23. The molecule has 0 bridgehead atoms. The van der Waals surface area contributed by atoms with Crippen LogP contribution in [0.5, 0.6) is 0 Å². The van der Waals surface area contributed by atoms with E-state index in [-0.39, 0.29) is 0 Å². The van der Waals surface area contributed by atoms with Crippen LogP contribution in [0.15, 0.2) is 200 Å². The van der Waals surface area contributed by atoms with E-state index < -0.39 is 0 Å². The smallest absolute Gasteiger partial charge is 0.235 e. The summed E-state index contributed by atoms with van der Waals surface area (Å²) in [5.41, 5.74) is 13.1. The standard InChI is InChI=1S/C52H33N5/c1-4-15-34(16-5-1)36-27-29-46-42(33-36)49-47(25-14-26-48(49)57(46)52-53-43-23-12-10-22-40(43)50(54-52)35-17-6-2-7-18-35)55-32-31-41-44(55)30-28-39-38-21-11-13-24-45(38)56(51(39)41)37-19-8-3-9-20-37/h1-33H. The van der Waals surface area contributed by atoms with Crippen molar-refractivity contribution in [1.29, 1.82) is 0 Å². The maximum atomic E-state index is 5.37.